The van der Waals surface area contributed by atoms with Gasteiger partial charge in [0.1, 0.15) is 5.70 Å². The molecule has 1 aliphatic heterocycles. The van der Waals surface area contributed by atoms with Gasteiger partial charge in [-0.05, 0) is 92.3 Å². The Morgan fingerprint density at radius 3 is 2.12 bits per heavy atom. The molecule has 1 heterocycles. The Morgan fingerprint density at radius 1 is 0.719 bits per heavy atom. The molecule has 0 aromatic heterocycles. The molecule has 1 aliphatic rings. The molecule has 3 aromatic carbocycles. The van der Waals surface area contributed by atoms with Crippen LogP contribution in [0.2, 0.25) is 5.02 Å². The van der Waals surface area contributed by atoms with Crippen LogP contribution >= 0.6 is 11.6 Å². The van der Waals surface area contributed by atoms with Crippen molar-refractivity contribution in [1.82, 2.24) is 0 Å². The number of aryl methyl sites for hydroxylation is 5. The number of carbonyl (C=O) groups is 2. The Hall–Kier alpha value is -3.37. The molecule has 0 unspecified atom stereocenters. The van der Waals surface area contributed by atoms with Crippen LogP contribution in [0.1, 0.15) is 33.4 Å². The van der Waals surface area contributed by atoms with Gasteiger partial charge >= 0.3 is 0 Å². The maximum absolute atomic E-state index is 13.7. The van der Waals surface area contributed by atoms with Crippen molar-refractivity contribution in [3.05, 3.63) is 98.7 Å². The number of benzene rings is 3. The highest BCUT2D eigenvalue weighted by Crippen LogP contribution is 2.36. The summed E-state index contributed by atoms with van der Waals surface area (Å²) < 4.78 is 0. The molecule has 4 nitrogen and oxygen atoms in total. The Kier molecular flexibility index (Phi) is 5.66. The number of halogens is 1. The van der Waals surface area contributed by atoms with Crippen LogP contribution in [0.25, 0.3) is 5.57 Å². The van der Waals surface area contributed by atoms with Crippen molar-refractivity contribution in [3.63, 3.8) is 0 Å². The molecule has 32 heavy (non-hydrogen) atoms. The SMILES string of the molecule is Cc1ccc(C)c(N2C(=O)C(Nc3ccc(Cl)cc3C)=C(c3ccc(C)c(C)c3)C2=O)c1. The van der Waals surface area contributed by atoms with Crippen LogP contribution in [0.4, 0.5) is 11.4 Å². The fourth-order valence-electron chi connectivity index (χ4n) is 3.89. The van der Waals surface area contributed by atoms with Gasteiger partial charge < -0.3 is 5.32 Å². The Labute approximate surface area is 193 Å². The fraction of sp³-hybridized carbons (Fsp3) is 0.185. The van der Waals surface area contributed by atoms with E-state index in [1.807, 2.05) is 83.1 Å². The normalized spacial score (nSPS) is 13.9. The fourth-order valence-corrected chi connectivity index (χ4v) is 4.12. The minimum absolute atomic E-state index is 0.268. The Morgan fingerprint density at radius 2 is 1.44 bits per heavy atom. The van der Waals surface area contributed by atoms with E-state index in [1.165, 1.54) is 4.90 Å². The monoisotopic (exact) mass is 444 g/mol. The Bertz CT molecular complexity index is 1310. The van der Waals surface area contributed by atoms with Crippen molar-refractivity contribution in [2.45, 2.75) is 34.6 Å². The number of amides is 2. The maximum Gasteiger partial charge on any atom is 0.282 e. The molecule has 162 valence electrons. The van der Waals surface area contributed by atoms with E-state index < -0.39 is 0 Å². The minimum atomic E-state index is -0.369. The summed E-state index contributed by atoms with van der Waals surface area (Å²) in [5.74, 6) is -0.702. The van der Waals surface area contributed by atoms with E-state index in [-0.39, 0.29) is 17.5 Å². The van der Waals surface area contributed by atoms with Crippen LogP contribution in [0.5, 0.6) is 0 Å². The predicted molar refractivity (Wildman–Crippen MR) is 131 cm³/mol. The van der Waals surface area contributed by atoms with Gasteiger partial charge in [-0.15, -0.1) is 0 Å². The molecule has 0 aliphatic carbocycles. The smallest absolute Gasteiger partial charge is 0.282 e. The van der Waals surface area contributed by atoms with Gasteiger partial charge in [0.25, 0.3) is 11.8 Å². The van der Waals surface area contributed by atoms with Crippen molar-refractivity contribution in [2.24, 2.45) is 0 Å². The van der Waals surface area contributed by atoms with Gasteiger partial charge in [0.2, 0.25) is 0 Å². The number of nitrogens with zero attached hydrogens (tertiary/aromatic N) is 1. The van der Waals surface area contributed by atoms with Crippen LogP contribution in [-0.4, -0.2) is 11.8 Å². The molecule has 5 heteroatoms. The van der Waals surface area contributed by atoms with Crippen molar-refractivity contribution in [1.29, 1.82) is 0 Å². The van der Waals surface area contributed by atoms with Gasteiger partial charge in [0.05, 0.1) is 11.3 Å². The van der Waals surface area contributed by atoms with Gasteiger partial charge in [0.15, 0.2) is 0 Å². The summed E-state index contributed by atoms with van der Waals surface area (Å²) >= 11 is 6.11. The van der Waals surface area contributed by atoms with Crippen molar-refractivity contribution in [2.75, 3.05) is 10.2 Å². The maximum atomic E-state index is 13.7. The molecule has 0 bridgehead atoms. The molecular formula is C27H25ClN2O2. The first kappa shape index (κ1) is 21.8. The number of hydrogen-bond donors (Lipinski definition) is 1. The zero-order valence-electron chi connectivity index (χ0n) is 18.8. The number of carbonyl (C=O) groups excluding carboxylic acids is 2. The summed E-state index contributed by atoms with van der Waals surface area (Å²) in [6.07, 6.45) is 0. The van der Waals surface area contributed by atoms with E-state index in [0.717, 1.165) is 33.5 Å². The lowest BCUT2D eigenvalue weighted by molar-refractivity contribution is -0.120. The van der Waals surface area contributed by atoms with Crippen LogP contribution in [0, 0.1) is 34.6 Å². The lowest BCUT2D eigenvalue weighted by Crippen LogP contribution is -2.33. The Balaban J connectivity index is 1.89. The average Bonchev–Trinajstić information content (AvgIpc) is 2.98. The zero-order valence-corrected chi connectivity index (χ0v) is 19.6. The molecule has 3 aromatic rings. The van der Waals surface area contributed by atoms with Crippen LogP contribution < -0.4 is 10.2 Å². The largest absolute Gasteiger partial charge is 0.350 e. The first-order valence-electron chi connectivity index (χ1n) is 10.5. The van der Waals surface area contributed by atoms with Gasteiger partial charge in [0, 0.05) is 10.7 Å². The first-order chi connectivity index (χ1) is 15.2. The number of anilines is 2. The van der Waals surface area contributed by atoms with Gasteiger partial charge in [-0.25, -0.2) is 4.90 Å². The summed E-state index contributed by atoms with van der Waals surface area (Å²) in [6.45, 7) is 9.78. The molecule has 0 saturated heterocycles. The highest BCUT2D eigenvalue weighted by Gasteiger charge is 2.41. The van der Waals surface area contributed by atoms with Crippen LogP contribution in [-0.2, 0) is 9.59 Å². The third-order valence-corrected chi connectivity index (χ3v) is 6.17. The highest BCUT2D eigenvalue weighted by atomic mass is 35.5. The van der Waals surface area contributed by atoms with E-state index in [4.69, 9.17) is 11.6 Å². The van der Waals surface area contributed by atoms with Gasteiger partial charge in [-0.2, -0.15) is 0 Å². The molecular weight excluding hydrogens is 420 g/mol. The summed E-state index contributed by atoms with van der Waals surface area (Å²) in [4.78, 5) is 28.6. The first-order valence-corrected chi connectivity index (χ1v) is 10.9. The summed E-state index contributed by atoms with van der Waals surface area (Å²) in [5.41, 5.74) is 7.60. The van der Waals surface area contributed by atoms with Gasteiger partial charge in [-0.3, -0.25) is 9.59 Å². The van der Waals surface area contributed by atoms with Gasteiger partial charge in [-0.1, -0.05) is 41.9 Å². The van der Waals surface area contributed by atoms with Crippen LogP contribution in [0.3, 0.4) is 0 Å². The van der Waals surface area contributed by atoms with E-state index >= 15 is 0 Å². The third kappa shape index (κ3) is 3.82. The molecule has 2 amide bonds. The molecule has 0 fully saturated rings. The van der Waals surface area contributed by atoms with Crippen LogP contribution in [0.15, 0.2) is 60.3 Å². The number of imide groups is 1. The minimum Gasteiger partial charge on any atom is -0.350 e. The molecule has 0 saturated carbocycles. The molecule has 0 atom stereocenters. The van der Waals surface area contributed by atoms with E-state index in [1.54, 1.807) is 6.07 Å². The number of nitrogens with one attached hydrogen (secondary N) is 1. The van der Waals surface area contributed by atoms with Crippen molar-refractivity contribution >= 4 is 40.4 Å². The van der Waals surface area contributed by atoms with E-state index in [9.17, 15) is 9.59 Å². The number of hydrogen-bond acceptors (Lipinski definition) is 3. The topological polar surface area (TPSA) is 49.4 Å². The quantitative estimate of drug-likeness (QED) is 0.482. The molecule has 0 spiro atoms. The lowest BCUT2D eigenvalue weighted by atomic mass is 9.99. The molecule has 4 rings (SSSR count). The average molecular weight is 445 g/mol. The standard InChI is InChI=1S/C27H25ClN2O2/c1-15-6-7-17(3)23(12-15)30-26(31)24(20-9-8-16(2)18(4)13-20)25(27(30)32)29-22-11-10-21(28)14-19(22)5/h6-14,29H,1-5H3. The second-order valence-corrected chi connectivity index (χ2v) is 8.81. The third-order valence-electron chi connectivity index (χ3n) is 5.93. The van der Waals surface area contributed by atoms with E-state index in [2.05, 4.69) is 5.32 Å². The second kappa shape index (κ2) is 8.29. The highest BCUT2D eigenvalue weighted by molar-refractivity contribution is 6.46. The number of rotatable bonds is 4. The molecule has 1 N–H and O–H groups in total. The lowest BCUT2D eigenvalue weighted by Gasteiger charge is -2.18. The summed E-state index contributed by atoms with van der Waals surface area (Å²) in [6, 6.07) is 17.0. The van der Waals surface area contributed by atoms with Crippen molar-refractivity contribution in [3.8, 4) is 0 Å². The summed E-state index contributed by atoms with van der Waals surface area (Å²) in [5, 5.41) is 3.86. The zero-order chi connectivity index (χ0) is 23.2. The molecule has 0 radical (unpaired) electrons. The van der Waals surface area contributed by atoms with Crippen molar-refractivity contribution < 1.29 is 9.59 Å². The summed E-state index contributed by atoms with van der Waals surface area (Å²) in [7, 11) is 0. The van der Waals surface area contributed by atoms with E-state index in [0.29, 0.717) is 21.8 Å². The second-order valence-electron chi connectivity index (χ2n) is 8.37. The predicted octanol–water partition coefficient (Wildman–Crippen LogP) is 6.28.